The first-order valence-corrected chi connectivity index (χ1v) is 5.78. The van der Waals surface area contributed by atoms with Crippen LogP contribution in [0.25, 0.3) is 11.4 Å². The van der Waals surface area contributed by atoms with Crippen LogP contribution in [0.15, 0.2) is 36.7 Å². The van der Waals surface area contributed by atoms with Crippen LogP contribution in [0.4, 0.5) is 0 Å². The Morgan fingerprint density at radius 3 is 2.24 bits per heavy atom. The Morgan fingerprint density at radius 1 is 1.00 bits per heavy atom. The summed E-state index contributed by atoms with van der Waals surface area (Å²) in [5.74, 6) is 0.676. The molecular weight excluding hydrogens is 210 g/mol. The second kappa shape index (κ2) is 4.62. The topological polar surface area (TPSA) is 38.7 Å². The fourth-order valence-electron chi connectivity index (χ4n) is 1.76. The number of hydrogen-bond donors (Lipinski definition) is 0. The largest absolute Gasteiger partial charge is 0.233 e. The van der Waals surface area contributed by atoms with Gasteiger partial charge in [-0.05, 0) is 17.4 Å². The van der Waals surface area contributed by atoms with Crippen LogP contribution in [0.2, 0.25) is 0 Å². The maximum Gasteiger partial charge on any atom is 0.181 e. The zero-order valence-corrected chi connectivity index (χ0v) is 10.5. The zero-order valence-electron chi connectivity index (χ0n) is 10.5. The van der Waals surface area contributed by atoms with Crippen molar-refractivity contribution in [1.82, 2.24) is 15.2 Å². The third kappa shape index (κ3) is 3.34. The lowest BCUT2D eigenvalue weighted by atomic mass is 9.88. The molecule has 0 N–H and O–H groups in total. The Bertz CT molecular complexity index is 469. The molecule has 0 atom stereocenters. The summed E-state index contributed by atoms with van der Waals surface area (Å²) in [6.07, 6.45) is 4.31. The van der Waals surface area contributed by atoms with Crippen LogP contribution in [-0.2, 0) is 6.42 Å². The highest BCUT2D eigenvalue weighted by molar-refractivity contribution is 5.54. The van der Waals surface area contributed by atoms with E-state index in [1.807, 2.05) is 0 Å². The van der Waals surface area contributed by atoms with E-state index in [4.69, 9.17) is 0 Å². The average molecular weight is 227 g/mol. The number of hydrogen-bond acceptors (Lipinski definition) is 3. The lowest BCUT2D eigenvalue weighted by Crippen LogP contribution is -2.08. The fourth-order valence-corrected chi connectivity index (χ4v) is 1.76. The van der Waals surface area contributed by atoms with Crippen molar-refractivity contribution in [3.05, 3.63) is 42.2 Å². The molecule has 0 unspecified atom stereocenters. The van der Waals surface area contributed by atoms with Gasteiger partial charge < -0.3 is 0 Å². The molecule has 1 heterocycles. The fraction of sp³-hybridized carbons (Fsp3) is 0.357. The van der Waals surface area contributed by atoms with E-state index >= 15 is 0 Å². The summed E-state index contributed by atoms with van der Waals surface area (Å²) < 4.78 is 0. The number of benzene rings is 1. The van der Waals surface area contributed by atoms with Crippen molar-refractivity contribution in [2.45, 2.75) is 27.2 Å². The minimum atomic E-state index is 0.312. The van der Waals surface area contributed by atoms with E-state index in [-0.39, 0.29) is 0 Å². The Hall–Kier alpha value is -1.77. The molecule has 0 fully saturated rings. The average Bonchev–Trinajstić information content (AvgIpc) is 2.29. The zero-order chi connectivity index (χ0) is 12.3. The first kappa shape index (κ1) is 11.7. The first-order valence-electron chi connectivity index (χ1n) is 5.78. The second-order valence-electron chi connectivity index (χ2n) is 5.40. The van der Waals surface area contributed by atoms with Crippen LogP contribution >= 0.6 is 0 Å². The van der Waals surface area contributed by atoms with Crippen molar-refractivity contribution in [2.24, 2.45) is 5.41 Å². The lowest BCUT2D eigenvalue weighted by molar-refractivity contribution is 0.411. The summed E-state index contributed by atoms with van der Waals surface area (Å²) >= 11 is 0. The van der Waals surface area contributed by atoms with Gasteiger partial charge in [0.1, 0.15) is 0 Å². The number of aromatic nitrogens is 3. The Balaban J connectivity index is 2.19. The van der Waals surface area contributed by atoms with E-state index in [1.165, 1.54) is 5.56 Å². The molecule has 0 spiro atoms. The van der Waals surface area contributed by atoms with Crippen molar-refractivity contribution in [3.63, 3.8) is 0 Å². The molecule has 0 amide bonds. The highest BCUT2D eigenvalue weighted by atomic mass is 15.1. The molecule has 0 saturated carbocycles. The molecule has 1 aromatic heterocycles. The van der Waals surface area contributed by atoms with Gasteiger partial charge in [-0.3, -0.25) is 0 Å². The van der Waals surface area contributed by atoms with Gasteiger partial charge in [-0.25, -0.2) is 4.98 Å². The molecule has 0 saturated heterocycles. The monoisotopic (exact) mass is 227 g/mol. The number of rotatable bonds is 2. The summed E-state index contributed by atoms with van der Waals surface area (Å²) in [4.78, 5) is 4.18. The van der Waals surface area contributed by atoms with Crippen LogP contribution < -0.4 is 0 Å². The van der Waals surface area contributed by atoms with Crippen molar-refractivity contribution in [1.29, 1.82) is 0 Å². The van der Waals surface area contributed by atoms with E-state index in [0.717, 1.165) is 12.0 Å². The summed E-state index contributed by atoms with van der Waals surface area (Å²) in [5, 5.41) is 7.82. The van der Waals surface area contributed by atoms with Crippen molar-refractivity contribution >= 4 is 0 Å². The third-order valence-corrected chi connectivity index (χ3v) is 2.43. The van der Waals surface area contributed by atoms with E-state index in [1.54, 1.807) is 12.4 Å². The lowest BCUT2D eigenvalue weighted by Gasteiger charge is -2.18. The normalized spacial score (nSPS) is 11.5. The Morgan fingerprint density at radius 2 is 1.71 bits per heavy atom. The van der Waals surface area contributed by atoms with Gasteiger partial charge in [-0.2, -0.15) is 5.10 Å². The summed E-state index contributed by atoms with van der Waals surface area (Å²) in [7, 11) is 0. The molecular formula is C14H17N3. The van der Waals surface area contributed by atoms with Crippen molar-refractivity contribution in [3.8, 4) is 11.4 Å². The molecule has 2 rings (SSSR count). The van der Waals surface area contributed by atoms with Crippen LogP contribution in [0.1, 0.15) is 26.3 Å². The minimum Gasteiger partial charge on any atom is -0.233 e. The molecule has 0 aliphatic heterocycles. The predicted molar refractivity (Wildman–Crippen MR) is 68.4 cm³/mol. The maximum atomic E-state index is 4.18. The van der Waals surface area contributed by atoms with Gasteiger partial charge in [-0.1, -0.05) is 45.0 Å². The standard InChI is InChI=1S/C14H17N3/c1-14(2,3)10-11-4-6-12(7-5-11)13-15-8-9-16-17-13/h4-9H,10H2,1-3H3. The number of nitrogens with zero attached hydrogens (tertiary/aromatic N) is 3. The van der Waals surface area contributed by atoms with E-state index < -0.39 is 0 Å². The van der Waals surface area contributed by atoms with Crippen molar-refractivity contribution < 1.29 is 0 Å². The highest BCUT2D eigenvalue weighted by Gasteiger charge is 2.11. The molecule has 88 valence electrons. The van der Waals surface area contributed by atoms with Gasteiger partial charge in [0, 0.05) is 11.8 Å². The van der Waals surface area contributed by atoms with E-state index in [9.17, 15) is 0 Å². The smallest absolute Gasteiger partial charge is 0.181 e. The molecule has 2 aromatic rings. The predicted octanol–water partition coefficient (Wildman–Crippen LogP) is 3.13. The molecule has 3 nitrogen and oxygen atoms in total. The second-order valence-corrected chi connectivity index (χ2v) is 5.40. The van der Waals surface area contributed by atoms with Gasteiger partial charge in [-0.15, -0.1) is 5.10 Å². The summed E-state index contributed by atoms with van der Waals surface area (Å²) in [6, 6.07) is 8.38. The quantitative estimate of drug-likeness (QED) is 0.791. The SMILES string of the molecule is CC(C)(C)Cc1ccc(-c2nccnn2)cc1. The van der Waals surface area contributed by atoms with Gasteiger partial charge in [0.2, 0.25) is 0 Å². The first-order chi connectivity index (χ1) is 8.04. The van der Waals surface area contributed by atoms with Crippen LogP contribution in [0.3, 0.4) is 0 Å². The molecule has 3 heteroatoms. The van der Waals surface area contributed by atoms with Crippen LogP contribution in [-0.4, -0.2) is 15.2 Å². The van der Waals surface area contributed by atoms with Crippen LogP contribution in [0.5, 0.6) is 0 Å². The van der Waals surface area contributed by atoms with E-state index in [2.05, 4.69) is 60.2 Å². The molecule has 0 bridgehead atoms. The van der Waals surface area contributed by atoms with Gasteiger partial charge in [0.15, 0.2) is 5.82 Å². The summed E-state index contributed by atoms with van der Waals surface area (Å²) in [5.41, 5.74) is 2.66. The summed E-state index contributed by atoms with van der Waals surface area (Å²) in [6.45, 7) is 6.72. The highest BCUT2D eigenvalue weighted by Crippen LogP contribution is 2.22. The van der Waals surface area contributed by atoms with Gasteiger partial charge >= 0.3 is 0 Å². The van der Waals surface area contributed by atoms with Crippen LogP contribution in [0, 0.1) is 5.41 Å². The Labute approximate surface area is 102 Å². The maximum absolute atomic E-state index is 4.18. The van der Waals surface area contributed by atoms with Crippen molar-refractivity contribution in [2.75, 3.05) is 0 Å². The third-order valence-electron chi connectivity index (χ3n) is 2.43. The van der Waals surface area contributed by atoms with Gasteiger partial charge in [0.25, 0.3) is 0 Å². The molecule has 1 aromatic carbocycles. The molecule has 0 aliphatic rings. The van der Waals surface area contributed by atoms with E-state index in [0.29, 0.717) is 11.2 Å². The molecule has 0 radical (unpaired) electrons. The molecule has 0 aliphatic carbocycles. The Kier molecular flexibility index (Phi) is 3.18. The minimum absolute atomic E-state index is 0.312. The molecule has 17 heavy (non-hydrogen) atoms. The van der Waals surface area contributed by atoms with Gasteiger partial charge in [0.05, 0.1) is 6.20 Å².